The van der Waals surface area contributed by atoms with Crippen molar-refractivity contribution in [2.75, 3.05) is 5.32 Å². The summed E-state index contributed by atoms with van der Waals surface area (Å²) >= 11 is 4.72. The molecule has 0 spiro atoms. The van der Waals surface area contributed by atoms with E-state index >= 15 is 0 Å². The minimum atomic E-state index is -0.506. The zero-order chi connectivity index (χ0) is 10.7. The summed E-state index contributed by atoms with van der Waals surface area (Å²) in [6.07, 6.45) is 0. The Morgan fingerprint density at radius 3 is 2.50 bits per heavy atom. The van der Waals surface area contributed by atoms with Crippen LogP contribution < -0.4 is 40.0 Å². The first kappa shape index (κ1) is 13.1. The fraction of sp³-hybridized carbons (Fsp3) is 0. The molecular weight excluding hydrogens is 235 g/mol. The van der Waals surface area contributed by atoms with Gasteiger partial charge < -0.3 is 15.4 Å². The number of hydrogen-bond acceptors (Lipinski definition) is 5. The number of nitrogens with one attached hydrogen (secondary N) is 2. The molecule has 0 atom stereocenters. The van der Waals surface area contributed by atoms with Crippen LogP contribution in [0.4, 0.5) is 11.6 Å². The molecule has 0 saturated carbocycles. The first-order valence-electron chi connectivity index (χ1n) is 4.21. The number of rotatable bonds is 2. The number of aromatic nitrogens is 3. The average Bonchev–Trinajstić information content (AvgIpc) is 2.17. The van der Waals surface area contributed by atoms with Crippen molar-refractivity contribution in [1.29, 1.82) is 0 Å². The Kier molecular flexibility index (Phi) is 4.88. The van der Waals surface area contributed by atoms with Gasteiger partial charge in [-0.05, 0) is 24.4 Å². The molecular formula is C9H7N4NaOS. The molecule has 0 aliphatic carbocycles. The summed E-state index contributed by atoms with van der Waals surface area (Å²) in [5.41, 5.74) is 0.821. The molecule has 1 heterocycles. The number of para-hydroxylation sites is 1. The molecule has 0 amide bonds. The summed E-state index contributed by atoms with van der Waals surface area (Å²) in [6, 6.07) is 8.83. The first-order chi connectivity index (χ1) is 7.24. The smallest absolute Gasteiger partial charge is 0.846 e. The van der Waals surface area contributed by atoms with Crippen molar-refractivity contribution in [3.8, 4) is 6.01 Å². The summed E-state index contributed by atoms with van der Waals surface area (Å²) in [4.78, 5) is 9.74. The molecule has 0 aliphatic rings. The van der Waals surface area contributed by atoms with Gasteiger partial charge in [-0.15, -0.1) is 0 Å². The van der Waals surface area contributed by atoms with Crippen LogP contribution in [-0.4, -0.2) is 15.0 Å². The molecule has 2 rings (SSSR count). The molecule has 1 aromatic heterocycles. The third-order valence-corrected chi connectivity index (χ3v) is 1.85. The van der Waals surface area contributed by atoms with E-state index < -0.39 is 6.01 Å². The maximum Gasteiger partial charge on any atom is 1.00 e. The minimum Gasteiger partial charge on any atom is -0.846 e. The molecule has 0 aliphatic heterocycles. The fourth-order valence-electron chi connectivity index (χ4n) is 1.08. The second-order valence-electron chi connectivity index (χ2n) is 2.78. The maximum absolute atomic E-state index is 11.0. The zero-order valence-electron chi connectivity index (χ0n) is 8.60. The molecule has 0 bridgehead atoms. The van der Waals surface area contributed by atoms with E-state index in [2.05, 4.69) is 20.3 Å². The van der Waals surface area contributed by atoms with Gasteiger partial charge in [0.05, 0.1) is 6.01 Å². The van der Waals surface area contributed by atoms with Gasteiger partial charge in [-0.3, -0.25) is 0 Å². The van der Waals surface area contributed by atoms with Gasteiger partial charge in [0.15, 0.2) is 0 Å². The van der Waals surface area contributed by atoms with Crippen molar-refractivity contribution >= 4 is 23.9 Å². The van der Waals surface area contributed by atoms with Crippen LogP contribution in [0.2, 0.25) is 0 Å². The van der Waals surface area contributed by atoms with Crippen LogP contribution in [0.25, 0.3) is 0 Å². The second-order valence-corrected chi connectivity index (χ2v) is 3.14. The molecule has 5 nitrogen and oxygen atoms in total. The molecule has 1 aromatic carbocycles. The summed E-state index contributed by atoms with van der Waals surface area (Å²) < 4.78 is 0.0252. The van der Waals surface area contributed by atoms with Crippen LogP contribution in [-0.2, 0) is 0 Å². The summed E-state index contributed by atoms with van der Waals surface area (Å²) in [6.45, 7) is 0. The van der Waals surface area contributed by atoms with E-state index in [0.29, 0.717) is 5.95 Å². The van der Waals surface area contributed by atoms with Crippen molar-refractivity contribution in [1.82, 2.24) is 15.0 Å². The van der Waals surface area contributed by atoms with Gasteiger partial charge in [0, 0.05) is 5.69 Å². The quantitative estimate of drug-likeness (QED) is 0.488. The summed E-state index contributed by atoms with van der Waals surface area (Å²) in [5, 5.41) is 13.9. The Hall–Kier alpha value is -0.950. The van der Waals surface area contributed by atoms with E-state index in [9.17, 15) is 5.11 Å². The van der Waals surface area contributed by atoms with E-state index in [1.165, 1.54) is 0 Å². The van der Waals surface area contributed by atoms with Crippen molar-refractivity contribution in [3.05, 3.63) is 35.1 Å². The van der Waals surface area contributed by atoms with Gasteiger partial charge in [0.2, 0.25) is 10.7 Å². The van der Waals surface area contributed by atoms with Crippen LogP contribution >= 0.6 is 12.2 Å². The van der Waals surface area contributed by atoms with Gasteiger partial charge in [-0.2, -0.15) is 4.98 Å². The van der Waals surface area contributed by atoms with E-state index in [1.54, 1.807) is 0 Å². The van der Waals surface area contributed by atoms with Gasteiger partial charge in [-0.25, -0.2) is 4.98 Å². The predicted octanol–water partition coefficient (Wildman–Crippen LogP) is -1.64. The molecule has 0 fully saturated rings. The number of hydrogen-bond donors (Lipinski definition) is 2. The fourth-order valence-corrected chi connectivity index (χ4v) is 1.26. The molecule has 2 N–H and O–H groups in total. The number of nitrogens with zero attached hydrogens (tertiary/aromatic N) is 2. The summed E-state index contributed by atoms with van der Waals surface area (Å²) in [5.74, 6) is 0.297. The Morgan fingerprint density at radius 1 is 1.19 bits per heavy atom. The number of benzene rings is 1. The molecule has 16 heavy (non-hydrogen) atoms. The topological polar surface area (TPSA) is 76.7 Å². The predicted molar refractivity (Wildman–Crippen MR) is 56.4 cm³/mol. The van der Waals surface area contributed by atoms with E-state index in [4.69, 9.17) is 12.2 Å². The monoisotopic (exact) mass is 242 g/mol. The van der Waals surface area contributed by atoms with Crippen molar-refractivity contribution < 1.29 is 34.7 Å². The van der Waals surface area contributed by atoms with Crippen LogP contribution in [0.15, 0.2) is 30.3 Å². The molecule has 0 unspecified atom stereocenters. The number of anilines is 2. The van der Waals surface area contributed by atoms with Crippen molar-refractivity contribution in [3.63, 3.8) is 0 Å². The van der Waals surface area contributed by atoms with Crippen LogP contribution in [0.3, 0.4) is 0 Å². The molecule has 0 saturated heterocycles. The van der Waals surface area contributed by atoms with Gasteiger partial charge in [0.1, 0.15) is 0 Å². The van der Waals surface area contributed by atoms with Gasteiger partial charge >= 0.3 is 29.6 Å². The van der Waals surface area contributed by atoms with Gasteiger partial charge in [0.25, 0.3) is 0 Å². The Bertz CT molecular complexity index is 516. The Morgan fingerprint density at radius 2 is 1.88 bits per heavy atom. The molecule has 0 radical (unpaired) electrons. The largest absolute Gasteiger partial charge is 1.00 e. The Labute approximate surface area is 119 Å². The van der Waals surface area contributed by atoms with E-state index in [-0.39, 0.29) is 34.3 Å². The average molecular weight is 242 g/mol. The van der Waals surface area contributed by atoms with Gasteiger partial charge in [-0.1, -0.05) is 18.2 Å². The number of aromatic amines is 1. The van der Waals surface area contributed by atoms with Crippen molar-refractivity contribution in [2.45, 2.75) is 0 Å². The van der Waals surface area contributed by atoms with E-state index in [1.807, 2.05) is 30.3 Å². The zero-order valence-corrected chi connectivity index (χ0v) is 11.4. The Balaban J connectivity index is 0.00000128. The second kappa shape index (κ2) is 5.95. The molecule has 2 aromatic rings. The normalized spacial score (nSPS) is 9.25. The third-order valence-electron chi connectivity index (χ3n) is 1.67. The van der Waals surface area contributed by atoms with Crippen LogP contribution in [0.5, 0.6) is 6.01 Å². The van der Waals surface area contributed by atoms with E-state index in [0.717, 1.165) is 5.69 Å². The minimum absolute atomic E-state index is 0. The van der Waals surface area contributed by atoms with Crippen molar-refractivity contribution in [2.24, 2.45) is 0 Å². The SMILES string of the molecule is [Na+].[O-]c1nc(=S)nc(Nc2ccccc2)[nH]1. The summed E-state index contributed by atoms with van der Waals surface area (Å²) in [7, 11) is 0. The molecule has 7 heteroatoms. The molecule has 76 valence electrons. The third kappa shape index (κ3) is 3.57. The maximum atomic E-state index is 11.0. The van der Waals surface area contributed by atoms with Crippen LogP contribution in [0.1, 0.15) is 0 Å². The first-order valence-corrected chi connectivity index (χ1v) is 4.62. The number of H-pyrrole nitrogens is 1. The van der Waals surface area contributed by atoms with Crippen LogP contribution in [0, 0.1) is 4.77 Å². The standard InChI is InChI=1S/C9H8N4OS.Na/c14-8-11-7(12-9(15)13-8)10-6-4-2-1-3-5-6;/h1-5H,(H3,10,11,12,13,14,15);/q;+1/p-1.